The minimum atomic E-state index is -0.562. The molecular formula is C13H18Cl2Si. The molecule has 1 aromatic rings. The second kappa shape index (κ2) is 5.39. The second-order valence-electron chi connectivity index (χ2n) is 4.24. The first kappa shape index (κ1) is 13.8. The van der Waals surface area contributed by atoms with E-state index in [9.17, 15) is 0 Å². The number of rotatable bonds is 4. The summed E-state index contributed by atoms with van der Waals surface area (Å²) in [4.78, 5) is 0. The average Bonchev–Trinajstić information content (AvgIpc) is 2.28. The average molecular weight is 273 g/mol. The van der Waals surface area contributed by atoms with Gasteiger partial charge in [0.15, 0.2) is 0 Å². The molecule has 16 heavy (non-hydrogen) atoms. The molecule has 1 aromatic carbocycles. The van der Waals surface area contributed by atoms with Crippen molar-refractivity contribution in [1.82, 2.24) is 0 Å². The van der Waals surface area contributed by atoms with Gasteiger partial charge in [-0.25, -0.2) is 0 Å². The Morgan fingerprint density at radius 3 is 2.56 bits per heavy atom. The highest BCUT2D eigenvalue weighted by atomic mass is 35.5. The van der Waals surface area contributed by atoms with Gasteiger partial charge < -0.3 is 0 Å². The normalized spacial score (nSPS) is 14.3. The van der Waals surface area contributed by atoms with Gasteiger partial charge in [-0.2, -0.15) is 0 Å². The summed E-state index contributed by atoms with van der Waals surface area (Å²) in [5, 5.41) is 0. The lowest BCUT2D eigenvalue weighted by Gasteiger charge is -2.26. The molecule has 1 unspecified atom stereocenters. The van der Waals surface area contributed by atoms with Crippen LogP contribution in [0.4, 0.5) is 0 Å². The summed E-state index contributed by atoms with van der Waals surface area (Å²) in [5.74, 6) is 0.173. The Hall–Kier alpha value is -0.243. The van der Waals surface area contributed by atoms with Crippen LogP contribution in [0.2, 0.25) is 6.55 Å². The highest BCUT2D eigenvalue weighted by Crippen LogP contribution is 2.37. The molecular weight excluding hydrogens is 255 g/mol. The zero-order valence-corrected chi connectivity index (χ0v) is 13.0. The van der Waals surface area contributed by atoms with Gasteiger partial charge >= 0.3 is 0 Å². The van der Waals surface area contributed by atoms with Crippen LogP contribution < -0.4 is 0 Å². The van der Waals surface area contributed by atoms with E-state index < -0.39 is 13.5 Å². The van der Waals surface area contributed by atoms with Crippen molar-refractivity contribution in [3.8, 4) is 0 Å². The third-order valence-electron chi connectivity index (χ3n) is 2.98. The summed E-state index contributed by atoms with van der Waals surface area (Å²) in [5.41, 5.74) is 3.42. The third kappa shape index (κ3) is 3.13. The van der Waals surface area contributed by atoms with E-state index >= 15 is 0 Å². The van der Waals surface area contributed by atoms with Gasteiger partial charge in [0.1, 0.15) is 3.96 Å². The minimum absolute atomic E-state index is 0.173. The molecule has 0 aliphatic heterocycles. The van der Waals surface area contributed by atoms with Crippen molar-refractivity contribution in [3.63, 3.8) is 0 Å². The Labute approximate surface area is 110 Å². The largest absolute Gasteiger partial charge is 0.107 e. The Bertz CT molecular complexity index is 385. The van der Waals surface area contributed by atoms with E-state index in [1.54, 1.807) is 0 Å². The molecule has 0 radical (unpaired) electrons. The van der Waals surface area contributed by atoms with E-state index in [2.05, 4.69) is 38.2 Å². The number of allylic oxidation sites excluding steroid dienone is 1. The predicted octanol–water partition coefficient (Wildman–Crippen LogP) is 4.17. The summed E-state index contributed by atoms with van der Waals surface area (Å²) in [6.45, 7) is 10.2. The Kier molecular flexibility index (Phi) is 4.66. The second-order valence-corrected chi connectivity index (χ2v) is 8.50. The molecule has 1 atom stereocenters. The van der Waals surface area contributed by atoms with Crippen LogP contribution in [0, 0.1) is 0 Å². The van der Waals surface area contributed by atoms with Crippen LogP contribution in [0.3, 0.4) is 0 Å². The lowest BCUT2D eigenvalue weighted by Crippen LogP contribution is -2.27. The van der Waals surface area contributed by atoms with Gasteiger partial charge in [-0.1, -0.05) is 49.9 Å². The van der Waals surface area contributed by atoms with Gasteiger partial charge in [0.25, 0.3) is 0 Å². The third-order valence-corrected chi connectivity index (χ3v) is 6.80. The quantitative estimate of drug-likeness (QED) is 0.570. The fraction of sp³-hybridized carbons (Fsp3) is 0.385. The van der Waals surface area contributed by atoms with E-state index in [4.69, 9.17) is 23.2 Å². The number of hydrogen-bond acceptors (Lipinski definition) is 0. The van der Waals surface area contributed by atoms with Gasteiger partial charge in [-0.15, -0.1) is 23.2 Å². The van der Waals surface area contributed by atoms with Crippen molar-refractivity contribution in [2.24, 2.45) is 0 Å². The molecule has 0 saturated heterocycles. The van der Waals surface area contributed by atoms with E-state index in [1.807, 2.05) is 13.0 Å². The van der Waals surface area contributed by atoms with E-state index in [0.29, 0.717) is 0 Å². The van der Waals surface area contributed by atoms with Crippen molar-refractivity contribution in [2.45, 2.75) is 30.3 Å². The highest BCUT2D eigenvalue weighted by molar-refractivity contribution is 6.72. The fourth-order valence-corrected chi connectivity index (χ4v) is 2.72. The Balaban J connectivity index is 3.05. The first-order valence-electron chi connectivity index (χ1n) is 5.52. The topological polar surface area (TPSA) is 0 Å². The summed E-state index contributed by atoms with van der Waals surface area (Å²) in [7, 11) is -0.473. The molecule has 0 spiro atoms. The molecule has 0 aliphatic rings. The molecule has 0 saturated carbocycles. The molecule has 3 heteroatoms. The maximum Gasteiger partial charge on any atom is 0.107 e. The molecule has 0 amide bonds. The maximum atomic E-state index is 6.34. The molecule has 0 fully saturated rings. The zero-order valence-electron chi connectivity index (χ0n) is 10.1. The number of benzene rings is 1. The molecule has 0 aromatic heterocycles. The minimum Gasteiger partial charge on any atom is -0.106 e. The molecule has 0 nitrogen and oxygen atoms in total. The van der Waals surface area contributed by atoms with Gasteiger partial charge in [0, 0.05) is 5.92 Å². The summed E-state index contributed by atoms with van der Waals surface area (Å²) >= 11 is 12.7. The maximum absolute atomic E-state index is 6.34. The molecule has 0 aliphatic carbocycles. The van der Waals surface area contributed by atoms with E-state index in [1.165, 1.54) is 5.56 Å². The number of alkyl halides is 2. The predicted molar refractivity (Wildman–Crippen MR) is 78.4 cm³/mol. The van der Waals surface area contributed by atoms with Gasteiger partial charge in [0.05, 0.1) is 9.52 Å². The van der Waals surface area contributed by atoms with Crippen molar-refractivity contribution < 1.29 is 0 Å². The lowest BCUT2D eigenvalue weighted by molar-refractivity contribution is 0.782. The van der Waals surface area contributed by atoms with E-state index in [-0.39, 0.29) is 5.92 Å². The van der Waals surface area contributed by atoms with Crippen LogP contribution in [0.15, 0.2) is 30.8 Å². The molecule has 0 N–H and O–H groups in total. The van der Waals surface area contributed by atoms with Crippen molar-refractivity contribution in [3.05, 3.63) is 42.0 Å². The molecule has 88 valence electrons. The van der Waals surface area contributed by atoms with Crippen LogP contribution in [-0.2, 0) is 0 Å². The SMILES string of the molecule is C=C(C)c1cccc(C(C)C(Cl)(Cl)[SiH2]C)c1. The summed E-state index contributed by atoms with van der Waals surface area (Å²) < 4.78 is -0.562. The smallest absolute Gasteiger partial charge is 0.106 e. The van der Waals surface area contributed by atoms with Crippen molar-refractivity contribution in [2.75, 3.05) is 0 Å². The van der Waals surface area contributed by atoms with Crippen LogP contribution in [0.25, 0.3) is 5.57 Å². The highest BCUT2D eigenvalue weighted by Gasteiger charge is 2.30. The van der Waals surface area contributed by atoms with Crippen LogP contribution in [0.5, 0.6) is 0 Å². The first-order valence-corrected chi connectivity index (χ1v) is 8.40. The zero-order chi connectivity index (χ0) is 12.3. The molecule has 1 rings (SSSR count). The molecule has 0 bridgehead atoms. The van der Waals surface area contributed by atoms with Crippen LogP contribution >= 0.6 is 23.2 Å². The van der Waals surface area contributed by atoms with Gasteiger partial charge in [0.2, 0.25) is 0 Å². The van der Waals surface area contributed by atoms with Crippen LogP contribution in [-0.4, -0.2) is 13.5 Å². The van der Waals surface area contributed by atoms with Gasteiger partial charge in [-0.3, -0.25) is 0 Å². The van der Waals surface area contributed by atoms with Crippen molar-refractivity contribution >= 4 is 38.3 Å². The lowest BCUT2D eigenvalue weighted by atomic mass is 9.98. The number of hydrogen-bond donors (Lipinski definition) is 0. The fourth-order valence-electron chi connectivity index (χ4n) is 1.62. The number of halogens is 2. The first-order chi connectivity index (χ1) is 7.38. The Morgan fingerprint density at radius 1 is 1.44 bits per heavy atom. The summed E-state index contributed by atoms with van der Waals surface area (Å²) in [6, 6.07) is 8.32. The van der Waals surface area contributed by atoms with Crippen LogP contribution in [0.1, 0.15) is 30.9 Å². The summed E-state index contributed by atoms with van der Waals surface area (Å²) in [6.07, 6.45) is 0. The molecule has 0 heterocycles. The van der Waals surface area contributed by atoms with E-state index in [0.717, 1.165) is 11.1 Å². The Morgan fingerprint density at radius 2 is 2.06 bits per heavy atom. The monoisotopic (exact) mass is 272 g/mol. The standard InChI is InChI=1S/C13H18Cl2Si/c1-9(2)11-6-5-7-12(8-11)10(3)13(14,15)16-4/h5-8,10H,1,16H2,2-4H3. The van der Waals surface area contributed by atoms with Gasteiger partial charge in [-0.05, 0) is 18.1 Å². The van der Waals surface area contributed by atoms with Crippen molar-refractivity contribution in [1.29, 1.82) is 0 Å².